The Morgan fingerprint density at radius 3 is 2.37 bits per heavy atom. The summed E-state index contributed by atoms with van der Waals surface area (Å²) >= 11 is 0. The van der Waals surface area contributed by atoms with Gasteiger partial charge in [-0.2, -0.15) is 5.10 Å². The van der Waals surface area contributed by atoms with E-state index in [1.807, 2.05) is 30.3 Å². The highest BCUT2D eigenvalue weighted by Gasteiger charge is 2.27. The molecule has 1 heterocycles. The predicted octanol–water partition coefficient (Wildman–Crippen LogP) is 1.49. The molecule has 0 fully saturated rings. The number of ether oxygens (including phenoxy) is 1. The smallest absolute Gasteiger partial charge is 0.287 e. The van der Waals surface area contributed by atoms with Crippen LogP contribution in [-0.2, 0) is 23.1 Å². The molecule has 0 spiro atoms. The summed E-state index contributed by atoms with van der Waals surface area (Å²) in [7, 11) is 3.25. The molecule has 0 radical (unpaired) electrons. The summed E-state index contributed by atoms with van der Waals surface area (Å²) in [6.07, 6.45) is 1.68. The third kappa shape index (κ3) is 4.72. The molecule has 0 aliphatic heterocycles. The number of aromatic nitrogens is 2. The Morgan fingerprint density at radius 2 is 1.77 bits per heavy atom. The van der Waals surface area contributed by atoms with E-state index < -0.39 is 23.6 Å². The van der Waals surface area contributed by atoms with Gasteiger partial charge in [-0.1, -0.05) is 42.5 Å². The van der Waals surface area contributed by atoms with Gasteiger partial charge in [0.05, 0.1) is 12.7 Å². The van der Waals surface area contributed by atoms with Gasteiger partial charge < -0.3 is 15.8 Å². The van der Waals surface area contributed by atoms with Crippen LogP contribution >= 0.6 is 0 Å². The van der Waals surface area contributed by atoms with Crippen molar-refractivity contribution in [3.8, 4) is 17.0 Å². The van der Waals surface area contributed by atoms with Gasteiger partial charge in [-0.25, -0.2) is 0 Å². The van der Waals surface area contributed by atoms with Crippen molar-refractivity contribution in [1.82, 2.24) is 15.1 Å². The zero-order chi connectivity index (χ0) is 21.7. The van der Waals surface area contributed by atoms with Crippen LogP contribution in [-0.4, -0.2) is 40.5 Å². The van der Waals surface area contributed by atoms with Crippen LogP contribution in [0.25, 0.3) is 11.3 Å². The number of primary amides is 1. The summed E-state index contributed by atoms with van der Waals surface area (Å²) in [6, 6.07) is 15.1. The Labute approximate surface area is 173 Å². The first-order valence-corrected chi connectivity index (χ1v) is 9.25. The van der Waals surface area contributed by atoms with E-state index in [1.165, 1.54) is 4.68 Å². The lowest BCUT2D eigenvalue weighted by molar-refractivity contribution is -0.137. The highest BCUT2D eigenvalue weighted by atomic mass is 16.5. The second-order valence-electron chi connectivity index (χ2n) is 6.74. The van der Waals surface area contributed by atoms with Gasteiger partial charge in [0.1, 0.15) is 17.5 Å². The highest BCUT2D eigenvalue weighted by Crippen LogP contribution is 2.22. The van der Waals surface area contributed by atoms with Gasteiger partial charge >= 0.3 is 0 Å². The first kappa shape index (κ1) is 20.8. The molecule has 0 unspecified atom stereocenters. The number of carbonyl (C=O) groups excluding carboxylic acids is 3. The Morgan fingerprint density at radius 1 is 1.10 bits per heavy atom. The number of ketones is 1. The summed E-state index contributed by atoms with van der Waals surface area (Å²) in [5, 5.41) is 7.00. The van der Waals surface area contributed by atoms with Crippen LogP contribution in [0.3, 0.4) is 0 Å². The maximum Gasteiger partial charge on any atom is 0.287 e. The van der Waals surface area contributed by atoms with E-state index in [0.717, 1.165) is 11.1 Å². The molecule has 2 aromatic carbocycles. The molecule has 0 saturated heterocycles. The molecule has 3 N–H and O–H groups in total. The van der Waals surface area contributed by atoms with Crippen molar-refractivity contribution < 1.29 is 19.1 Å². The van der Waals surface area contributed by atoms with Crippen molar-refractivity contribution in [3.63, 3.8) is 0 Å². The minimum Gasteiger partial charge on any atom is -0.497 e. The number of Topliss-reactive ketones (excluding diaryl/α,β-unsaturated/α-hetero) is 1. The van der Waals surface area contributed by atoms with Crippen molar-refractivity contribution in [1.29, 1.82) is 0 Å². The summed E-state index contributed by atoms with van der Waals surface area (Å²) in [5.41, 5.74) is 7.47. The average Bonchev–Trinajstić information content (AvgIpc) is 3.15. The van der Waals surface area contributed by atoms with Crippen molar-refractivity contribution in [2.24, 2.45) is 12.8 Å². The maximum atomic E-state index is 13.0. The molecule has 3 aromatic rings. The van der Waals surface area contributed by atoms with Gasteiger partial charge in [-0.15, -0.1) is 0 Å². The number of nitrogens with zero attached hydrogens (tertiary/aromatic N) is 2. The second kappa shape index (κ2) is 9.04. The quantitative estimate of drug-likeness (QED) is 0.550. The Balaban J connectivity index is 1.86. The molecule has 3 rings (SSSR count). The number of benzene rings is 2. The molecule has 154 valence electrons. The van der Waals surface area contributed by atoms with E-state index in [-0.39, 0.29) is 6.42 Å². The molecule has 1 aromatic heterocycles. The molecule has 0 bridgehead atoms. The van der Waals surface area contributed by atoms with Crippen LogP contribution in [0.2, 0.25) is 0 Å². The molecule has 0 saturated carbocycles. The number of hydrogen-bond acceptors (Lipinski definition) is 5. The maximum absolute atomic E-state index is 13.0. The second-order valence-corrected chi connectivity index (χ2v) is 6.74. The van der Waals surface area contributed by atoms with Crippen LogP contribution in [0.1, 0.15) is 15.9 Å². The van der Waals surface area contributed by atoms with Crippen molar-refractivity contribution in [3.05, 3.63) is 71.9 Å². The summed E-state index contributed by atoms with van der Waals surface area (Å²) < 4.78 is 6.64. The zero-order valence-corrected chi connectivity index (χ0v) is 16.7. The van der Waals surface area contributed by atoms with Gasteiger partial charge in [0, 0.05) is 25.2 Å². The van der Waals surface area contributed by atoms with Crippen LogP contribution in [0.15, 0.2) is 60.8 Å². The molecule has 8 heteroatoms. The van der Waals surface area contributed by atoms with Gasteiger partial charge in [0.25, 0.3) is 11.8 Å². The number of aryl methyl sites for hydroxylation is 1. The summed E-state index contributed by atoms with van der Waals surface area (Å²) in [5.74, 6) is -1.84. The van der Waals surface area contributed by atoms with E-state index in [4.69, 9.17) is 10.5 Å². The van der Waals surface area contributed by atoms with E-state index in [0.29, 0.717) is 17.0 Å². The van der Waals surface area contributed by atoms with Gasteiger partial charge in [-0.05, 0) is 17.7 Å². The van der Waals surface area contributed by atoms with Gasteiger partial charge in [-0.3, -0.25) is 19.1 Å². The first-order valence-electron chi connectivity index (χ1n) is 9.25. The van der Waals surface area contributed by atoms with Crippen LogP contribution in [0.5, 0.6) is 5.75 Å². The number of rotatable bonds is 8. The number of amides is 2. The normalized spacial score (nSPS) is 11.5. The third-order valence-electron chi connectivity index (χ3n) is 4.58. The van der Waals surface area contributed by atoms with Crippen LogP contribution in [0, 0.1) is 0 Å². The van der Waals surface area contributed by atoms with Crippen LogP contribution in [0.4, 0.5) is 0 Å². The highest BCUT2D eigenvalue weighted by molar-refractivity contribution is 6.38. The minimum absolute atomic E-state index is 0.110. The Hall–Kier alpha value is -3.94. The van der Waals surface area contributed by atoms with E-state index in [9.17, 15) is 14.4 Å². The monoisotopic (exact) mass is 406 g/mol. The molecular formula is C22H22N4O4. The summed E-state index contributed by atoms with van der Waals surface area (Å²) in [4.78, 5) is 36.9. The SMILES string of the molecule is COc1ccc(C[C@H](NC(=O)c2cn(C)nc2-c2ccccc2)C(=O)C(N)=O)cc1. The summed E-state index contributed by atoms with van der Waals surface area (Å²) in [6.45, 7) is 0. The van der Waals surface area contributed by atoms with E-state index >= 15 is 0 Å². The molecule has 0 aliphatic rings. The van der Waals surface area contributed by atoms with Crippen molar-refractivity contribution >= 4 is 17.6 Å². The number of nitrogens with one attached hydrogen (secondary N) is 1. The average molecular weight is 406 g/mol. The van der Waals surface area contributed by atoms with E-state index in [1.54, 1.807) is 44.6 Å². The number of nitrogens with two attached hydrogens (primary N) is 1. The Bertz CT molecular complexity index is 1060. The van der Waals surface area contributed by atoms with Crippen LogP contribution < -0.4 is 15.8 Å². The molecule has 30 heavy (non-hydrogen) atoms. The lowest BCUT2D eigenvalue weighted by Gasteiger charge is -2.16. The molecule has 8 nitrogen and oxygen atoms in total. The number of carbonyl (C=O) groups is 3. The lowest BCUT2D eigenvalue weighted by atomic mass is 10.0. The van der Waals surface area contributed by atoms with Gasteiger partial charge in [0.15, 0.2) is 0 Å². The van der Waals surface area contributed by atoms with E-state index in [2.05, 4.69) is 10.4 Å². The first-order chi connectivity index (χ1) is 14.4. The standard InChI is InChI=1S/C22H22N4O4/c1-26-13-17(19(25-26)15-6-4-3-5-7-15)22(29)24-18(20(27)21(23)28)12-14-8-10-16(30-2)11-9-14/h3-11,13,18H,12H2,1-2H3,(H2,23,28)(H,24,29)/t18-/m0/s1. The van der Waals surface area contributed by atoms with Crippen molar-refractivity contribution in [2.45, 2.75) is 12.5 Å². The fraction of sp³-hybridized carbons (Fsp3) is 0.182. The predicted molar refractivity (Wildman–Crippen MR) is 111 cm³/mol. The molecule has 0 aliphatic carbocycles. The zero-order valence-electron chi connectivity index (χ0n) is 16.7. The van der Waals surface area contributed by atoms with Crippen molar-refractivity contribution in [2.75, 3.05) is 7.11 Å². The Kier molecular flexibility index (Phi) is 6.26. The molecular weight excluding hydrogens is 384 g/mol. The van der Waals surface area contributed by atoms with Gasteiger partial charge in [0.2, 0.25) is 5.78 Å². The number of hydrogen-bond donors (Lipinski definition) is 2. The third-order valence-corrected chi connectivity index (χ3v) is 4.58. The molecule has 2 amide bonds. The lowest BCUT2D eigenvalue weighted by Crippen LogP contribution is -2.47. The largest absolute Gasteiger partial charge is 0.497 e. The topological polar surface area (TPSA) is 116 Å². The minimum atomic E-state index is -1.11. The fourth-order valence-electron chi connectivity index (χ4n) is 3.08. The fourth-order valence-corrected chi connectivity index (χ4v) is 3.08. The molecule has 1 atom stereocenters. The number of methoxy groups -OCH3 is 1.